The van der Waals surface area contributed by atoms with Crippen molar-refractivity contribution in [1.82, 2.24) is 5.32 Å². The predicted octanol–water partition coefficient (Wildman–Crippen LogP) is 4.85. The molecule has 106 valence electrons. The topological polar surface area (TPSA) is 12.0 Å². The molecular weight excluding hydrogens is 317 g/mol. The third kappa shape index (κ3) is 3.47. The van der Waals surface area contributed by atoms with Crippen LogP contribution in [0.3, 0.4) is 0 Å². The van der Waals surface area contributed by atoms with Crippen LogP contribution in [0.2, 0.25) is 0 Å². The SMILES string of the molecule is CCNC(c1cccc(CC)c1)c1ccc(Br)cc1F. The zero-order valence-electron chi connectivity index (χ0n) is 11.8. The first-order valence-corrected chi connectivity index (χ1v) is 7.72. The minimum atomic E-state index is -0.188. The molecule has 0 spiro atoms. The summed E-state index contributed by atoms with van der Waals surface area (Å²) in [6.07, 6.45) is 0.982. The Morgan fingerprint density at radius 3 is 2.60 bits per heavy atom. The molecule has 0 heterocycles. The smallest absolute Gasteiger partial charge is 0.129 e. The van der Waals surface area contributed by atoms with Crippen molar-refractivity contribution in [1.29, 1.82) is 0 Å². The number of halogens is 2. The molecule has 0 fully saturated rings. The summed E-state index contributed by atoms with van der Waals surface area (Å²) in [6, 6.07) is 13.5. The van der Waals surface area contributed by atoms with Crippen molar-refractivity contribution < 1.29 is 4.39 Å². The highest BCUT2D eigenvalue weighted by atomic mass is 79.9. The van der Waals surface area contributed by atoms with Crippen LogP contribution in [0.15, 0.2) is 46.9 Å². The zero-order valence-corrected chi connectivity index (χ0v) is 13.4. The Balaban J connectivity index is 2.44. The van der Waals surface area contributed by atoms with E-state index >= 15 is 0 Å². The van der Waals surface area contributed by atoms with Crippen molar-refractivity contribution in [3.8, 4) is 0 Å². The van der Waals surface area contributed by atoms with Crippen molar-refractivity contribution in [3.63, 3.8) is 0 Å². The van der Waals surface area contributed by atoms with Gasteiger partial charge >= 0.3 is 0 Å². The van der Waals surface area contributed by atoms with Gasteiger partial charge in [-0.15, -0.1) is 0 Å². The van der Waals surface area contributed by atoms with Gasteiger partial charge in [0.25, 0.3) is 0 Å². The molecule has 0 aliphatic rings. The second kappa shape index (κ2) is 7.00. The molecule has 1 nitrogen and oxygen atoms in total. The predicted molar refractivity (Wildman–Crippen MR) is 85.4 cm³/mol. The molecule has 3 heteroatoms. The number of benzene rings is 2. The average molecular weight is 336 g/mol. The van der Waals surface area contributed by atoms with E-state index in [1.165, 1.54) is 11.6 Å². The standard InChI is InChI=1S/C17H19BrFN/c1-3-12-6-5-7-13(10-12)17(20-4-2)15-9-8-14(18)11-16(15)19/h5-11,17,20H,3-4H2,1-2H3. The fourth-order valence-electron chi connectivity index (χ4n) is 2.34. The van der Waals surface area contributed by atoms with Gasteiger partial charge in [0.05, 0.1) is 6.04 Å². The van der Waals surface area contributed by atoms with Crippen LogP contribution < -0.4 is 5.32 Å². The molecule has 0 amide bonds. The van der Waals surface area contributed by atoms with Gasteiger partial charge in [-0.3, -0.25) is 0 Å². The molecule has 1 N–H and O–H groups in total. The van der Waals surface area contributed by atoms with Crippen LogP contribution in [0.4, 0.5) is 4.39 Å². The minimum absolute atomic E-state index is 0.111. The normalized spacial score (nSPS) is 12.4. The van der Waals surface area contributed by atoms with E-state index in [1.807, 2.05) is 31.2 Å². The highest BCUT2D eigenvalue weighted by Gasteiger charge is 2.17. The first-order valence-electron chi connectivity index (χ1n) is 6.92. The van der Waals surface area contributed by atoms with Gasteiger partial charge in [-0.2, -0.15) is 0 Å². The lowest BCUT2D eigenvalue weighted by molar-refractivity contribution is 0.558. The van der Waals surface area contributed by atoms with E-state index in [9.17, 15) is 4.39 Å². The second-order valence-corrected chi connectivity index (χ2v) is 5.67. The summed E-state index contributed by atoms with van der Waals surface area (Å²) in [7, 11) is 0. The van der Waals surface area contributed by atoms with E-state index in [0.717, 1.165) is 23.0 Å². The van der Waals surface area contributed by atoms with Gasteiger partial charge in [-0.1, -0.05) is 60.1 Å². The quantitative estimate of drug-likeness (QED) is 0.823. The van der Waals surface area contributed by atoms with Gasteiger partial charge in [-0.05, 0) is 36.2 Å². The maximum atomic E-state index is 14.2. The largest absolute Gasteiger partial charge is 0.306 e. The molecule has 0 saturated carbocycles. The lowest BCUT2D eigenvalue weighted by Gasteiger charge is -2.20. The molecule has 2 aromatic carbocycles. The van der Waals surface area contributed by atoms with Crippen LogP contribution >= 0.6 is 15.9 Å². The molecule has 20 heavy (non-hydrogen) atoms. The molecule has 2 rings (SSSR count). The van der Waals surface area contributed by atoms with Crippen molar-refractivity contribution in [2.75, 3.05) is 6.54 Å². The molecule has 0 aliphatic carbocycles. The lowest BCUT2D eigenvalue weighted by atomic mass is 9.96. The van der Waals surface area contributed by atoms with Gasteiger partial charge in [0.1, 0.15) is 5.82 Å². The van der Waals surface area contributed by atoms with Crippen LogP contribution in [0.1, 0.15) is 36.6 Å². The highest BCUT2D eigenvalue weighted by Crippen LogP contribution is 2.27. The van der Waals surface area contributed by atoms with Crippen LogP contribution in [0.5, 0.6) is 0 Å². The molecule has 1 unspecified atom stereocenters. The van der Waals surface area contributed by atoms with Crippen LogP contribution in [-0.4, -0.2) is 6.54 Å². The molecule has 0 saturated heterocycles. The molecular formula is C17H19BrFN. The summed E-state index contributed by atoms with van der Waals surface area (Å²) in [5.41, 5.74) is 3.05. The monoisotopic (exact) mass is 335 g/mol. The Morgan fingerprint density at radius 2 is 1.95 bits per heavy atom. The Labute approximate surface area is 128 Å². The number of rotatable bonds is 5. The van der Waals surface area contributed by atoms with E-state index in [2.05, 4.69) is 40.3 Å². The summed E-state index contributed by atoms with van der Waals surface area (Å²) in [6.45, 7) is 4.95. The highest BCUT2D eigenvalue weighted by molar-refractivity contribution is 9.10. The second-order valence-electron chi connectivity index (χ2n) is 4.76. The third-order valence-electron chi connectivity index (χ3n) is 3.37. The molecule has 0 aliphatic heterocycles. The average Bonchev–Trinajstić information content (AvgIpc) is 2.45. The van der Waals surface area contributed by atoms with E-state index in [4.69, 9.17) is 0 Å². The maximum Gasteiger partial charge on any atom is 0.129 e. The number of nitrogens with one attached hydrogen (secondary N) is 1. The summed E-state index contributed by atoms with van der Waals surface area (Å²) in [5, 5.41) is 3.37. The van der Waals surface area contributed by atoms with E-state index in [0.29, 0.717) is 5.56 Å². The summed E-state index contributed by atoms with van der Waals surface area (Å²) in [4.78, 5) is 0. The molecule has 0 bridgehead atoms. The van der Waals surface area contributed by atoms with Gasteiger partial charge in [0, 0.05) is 10.0 Å². The Kier molecular flexibility index (Phi) is 5.32. The lowest BCUT2D eigenvalue weighted by Crippen LogP contribution is -2.23. The Bertz CT molecular complexity index is 583. The zero-order chi connectivity index (χ0) is 14.5. The molecule has 0 radical (unpaired) electrons. The summed E-state index contributed by atoms with van der Waals surface area (Å²) in [5.74, 6) is -0.188. The minimum Gasteiger partial charge on any atom is -0.306 e. The van der Waals surface area contributed by atoms with Crippen molar-refractivity contribution in [2.24, 2.45) is 0 Å². The molecule has 2 aromatic rings. The van der Waals surface area contributed by atoms with Gasteiger partial charge < -0.3 is 5.32 Å². The van der Waals surface area contributed by atoms with Crippen LogP contribution in [-0.2, 0) is 6.42 Å². The van der Waals surface area contributed by atoms with Crippen LogP contribution in [0, 0.1) is 5.82 Å². The summed E-state index contributed by atoms with van der Waals surface area (Å²) < 4.78 is 15.0. The third-order valence-corrected chi connectivity index (χ3v) is 3.87. The van der Waals surface area contributed by atoms with Gasteiger partial charge in [-0.25, -0.2) is 4.39 Å². The molecule has 0 aromatic heterocycles. The van der Waals surface area contributed by atoms with Crippen molar-refractivity contribution in [2.45, 2.75) is 26.3 Å². The van der Waals surface area contributed by atoms with E-state index in [-0.39, 0.29) is 11.9 Å². The van der Waals surface area contributed by atoms with E-state index < -0.39 is 0 Å². The summed E-state index contributed by atoms with van der Waals surface area (Å²) >= 11 is 3.30. The first-order chi connectivity index (χ1) is 9.65. The van der Waals surface area contributed by atoms with Gasteiger partial charge in [0.15, 0.2) is 0 Å². The number of hydrogen-bond acceptors (Lipinski definition) is 1. The van der Waals surface area contributed by atoms with Crippen molar-refractivity contribution in [3.05, 3.63) is 69.4 Å². The first kappa shape index (κ1) is 15.2. The van der Waals surface area contributed by atoms with Crippen molar-refractivity contribution >= 4 is 15.9 Å². The Hall–Kier alpha value is -1.19. The Morgan fingerprint density at radius 1 is 1.15 bits per heavy atom. The van der Waals surface area contributed by atoms with Crippen LogP contribution in [0.25, 0.3) is 0 Å². The number of hydrogen-bond donors (Lipinski definition) is 1. The molecule has 1 atom stereocenters. The number of aryl methyl sites for hydroxylation is 1. The fourth-order valence-corrected chi connectivity index (χ4v) is 2.67. The maximum absolute atomic E-state index is 14.2. The van der Waals surface area contributed by atoms with E-state index in [1.54, 1.807) is 0 Å². The fraction of sp³-hybridized carbons (Fsp3) is 0.294. The van der Waals surface area contributed by atoms with Gasteiger partial charge in [0.2, 0.25) is 0 Å².